The monoisotopic (exact) mass is 350 g/mol. The van der Waals surface area contributed by atoms with Crippen LogP contribution in [0.25, 0.3) is 0 Å². The van der Waals surface area contributed by atoms with Gasteiger partial charge in [0.2, 0.25) is 0 Å². The van der Waals surface area contributed by atoms with Crippen molar-refractivity contribution in [3.05, 3.63) is 48.6 Å². The quantitative estimate of drug-likeness (QED) is 0.240. The minimum absolute atomic E-state index is 0.124. The number of carbonyl (C=O) groups excluding carboxylic acids is 1. The topological polar surface area (TPSA) is 46.5 Å². The van der Waals surface area contributed by atoms with Crippen LogP contribution in [0, 0.1) is 0 Å². The molecule has 144 valence electrons. The van der Waals surface area contributed by atoms with Crippen LogP contribution in [0.4, 0.5) is 0 Å². The molecule has 0 aliphatic rings. The lowest BCUT2D eigenvalue weighted by Crippen LogP contribution is -1.98. The highest BCUT2D eigenvalue weighted by Crippen LogP contribution is 2.01. The van der Waals surface area contributed by atoms with Gasteiger partial charge in [-0.2, -0.15) is 0 Å². The smallest absolute Gasteiger partial charge is 0.305 e. The van der Waals surface area contributed by atoms with E-state index in [0.29, 0.717) is 6.42 Å². The zero-order chi connectivity index (χ0) is 19.0. The molecule has 0 atom stereocenters. The first-order valence-electron chi connectivity index (χ1n) is 9.42. The number of unbranched alkanes of at least 4 members (excludes halogenated alkanes) is 4. The standard InChI is InChI=1S/C21H34O2.CH4O/c1-3-4-5-6-7-8-9-10-11-12-13-14-15-16-17-18-19-20-21(22)23-2;1-2/h7-8,10-11,13-14,16-17H,3-6,9,12,15,18-20H2,1-2H3;2H,1H3/b8-7-,11-10-,14-13-,17-16-;. The minimum Gasteiger partial charge on any atom is -0.469 e. The Bertz CT molecular complexity index is 379. The number of esters is 1. The fraction of sp³-hybridized carbons (Fsp3) is 0.591. The summed E-state index contributed by atoms with van der Waals surface area (Å²) < 4.78 is 4.59. The number of hydrogen-bond donors (Lipinski definition) is 1. The summed E-state index contributed by atoms with van der Waals surface area (Å²) in [6, 6.07) is 0. The fourth-order valence-corrected chi connectivity index (χ4v) is 2.03. The van der Waals surface area contributed by atoms with Crippen molar-refractivity contribution in [2.75, 3.05) is 14.2 Å². The molecule has 0 aliphatic heterocycles. The fourth-order valence-electron chi connectivity index (χ4n) is 2.03. The van der Waals surface area contributed by atoms with Crippen LogP contribution in [0.3, 0.4) is 0 Å². The highest BCUT2D eigenvalue weighted by atomic mass is 16.5. The van der Waals surface area contributed by atoms with Gasteiger partial charge in [0.15, 0.2) is 0 Å². The second-order valence-electron chi connectivity index (χ2n) is 5.56. The van der Waals surface area contributed by atoms with E-state index in [2.05, 4.69) is 60.3 Å². The van der Waals surface area contributed by atoms with Gasteiger partial charge < -0.3 is 9.84 Å². The largest absolute Gasteiger partial charge is 0.469 e. The first kappa shape index (κ1) is 25.6. The Kier molecular flexibility index (Phi) is 25.3. The predicted octanol–water partition coefficient (Wildman–Crippen LogP) is 5.91. The number of rotatable bonds is 14. The Labute approximate surface area is 155 Å². The second kappa shape index (κ2) is 24.6. The zero-order valence-electron chi connectivity index (χ0n) is 16.5. The lowest BCUT2D eigenvalue weighted by Gasteiger charge is -1.95. The van der Waals surface area contributed by atoms with E-state index < -0.39 is 0 Å². The molecule has 0 bridgehead atoms. The van der Waals surface area contributed by atoms with Crippen molar-refractivity contribution < 1.29 is 14.6 Å². The third-order valence-electron chi connectivity index (χ3n) is 3.44. The Hall–Kier alpha value is -1.61. The van der Waals surface area contributed by atoms with E-state index in [1.54, 1.807) is 0 Å². The molecular weight excluding hydrogens is 312 g/mol. The average Bonchev–Trinajstić information content (AvgIpc) is 2.65. The molecule has 0 saturated heterocycles. The number of aliphatic hydroxyl groups is 1. The summed E-state index contributed by atoms with van der Waals surface area (Å²) in [5.41, 5.74) is 0. The number of methoxy groups -OCH3 is 1. The summed E-state index contributed by atoms with van der Waals surface area (Å²) in [4.78, 5) is 10.9. The SMILES string of the molecule is CCCCC/C=C\C/C=C\C/C=C\C/C=C\CCCC(=O)OC.CO. The third kappa shape index (κ3) is 24.8. The predicted molar refractivity (Wildman–Crippen MR) is 109 cm³/mol. The van der Waals surface area contributed by atoms with Gasteiger partial charge in [0, 0.05) is 13.5 Å². The van der Waals surface area contributed by atoms with E-state index in [1.807, 2.05) is 0 Å². The maximum Gasteiger partial charge on any atom is 0.305 e. The molecule has 1 N–H and O–H groups in total. The number of hydrogen-bond acceptors (Lipinski definition) is 3. The molecule has 3 heteroatoms. The Morgan fingerprint density at radius 1 is 0.760 bits per heavy atom. The molecule has 0 saturated carbocycles. The van der Waals surface area contributed by atoms with Crippen LogP contribution in [0.2, 0.25) is 0 Å². The molecule has 25 heavy (non-hydrogen) atoms. The maximum atomic E-state index is 10.9. The second-order valence-corrected chi connectivity index (χ2v) is 5.56. The number of aliphatic hydroxyl groups excluding tert-OH is 1. The van der Waals surface area contributed by atoms with Crippen molar-refractivity contribution in [2.45, 2.75) is 71.1 Å². The zero-order valence-corrected chi connectivity index (χ0v) is 16.5. The first-order valence-corrected chi connectivity index (χ1v) is 9.42. The van der Waals surface area contributed by atoms with E-state index in [0.717, 1.165) is 39.2 Å². The summed E-state index contributed by atoms with van der Waals surface area (Å²) in [5.74, 6) is -0.124. The van der Waals surface area contributed by atoms with Crippen molar-refractivity contribution in [1.82, 2.24) is 0 Å². The highest BCUT2D eigenvalue weighted by molar-refractivity contribution is 5.69. The van der Waals surface area contributed by atoms with E-state index in [9.17, 15) is 4.79 Å². The van der Waals surface area contributed by atoms with Gasteiger partial charge in [0.25, 0.3) is 0 Å². The number of carbonyl (C=O) groups is 1. The Morgan fingerprint density at radius 3 is 1.64 bits per heavy atom. The lowest BCUT2D eigenvalue weighted by atomic mass is 10.2. The van der Waals surface area contributed by atoms with Crippen LogP contribution in [0.1, 0.15) is 71.1 Å². The molecule has 0 unspecified atom stereocenters. The van der Waals surface area contributed by atoms with Crippen LogP contribution in [-0.2, 0) is 9.53 Å². The lowest BCUT2D eigenvalue weighted by molar-refractivity contribution is -0.140. The van der Waals surface area contributed by atoms with E-state index in [4.69, 9.17) is 5.11 Å². The number of allylic oxidation sites excluding steroid dienone is 8. The van der Waals surface area contributed by atoms with Crippen LogP contribution >= 0.6 is 0 Å². The van der Waals surface area contributed by atoms with Crippen LogP contribution in [-0.4, -0.2) is 25.3 Å². The molecule has 3 nitrogen and oxygen atoms in total. The van der Waals surface area contributed by atoms with Crippen molar-refractivity contribution in [3.8, 4) is 0 Å². The molecule has 0 aliphatic carbocycles. The van der Waals surface area contributed by atoms with Gasteiger partial charge in [-0.05, 0) is 44.9 Å². The molecular formula is C22H38O3. The van der Waals surface area contributed by atoms with E-state index >= 15 is 0 Å². The summed E-state index contributed by atoms with van der Waals surface area (Å²) in [7, 11) is 2.43. The Morgan fingerprint density at radius 2 is 1.20 bits per heavy atom. The van der Waals surface area contributed by atoms with Crippen LogP contribution in [0.5, 0.6) is 0 Å². The van der Waals surface area contributed by atoms with Gasteiger partial charge in [0.1, 0.15) is 0 Å². The molecule has 0 fully saturated rings. The average molecular weight is 351 g/mol. The van der Waals surface area contributed by atoms with E-state index in [-0.39, 0.29) is 5.97 Å². The van der Waals surface area contributed by atoms with Crippen molar-refractivity contribution in [2.24, 2.45) is 0 Å². The van der Waals surface area contributed by atoms with Gasteiger partial charge in [-0.1, -0.05) is 68.4 Å². The van der Waals surface area contributed by atoms with Gasteiger partial charge >= 0.3 is 5.97 Å². The minimum atomic E-state index is -0.124. The maximum absolute atomic E-state index is 10.9. The summed E-state index contributed by atoms with van der Waals surface area (Å²) in [6.45, 7) is 2.24. The van der Waals surface area contributed by atoms with Gasteiger partial charge in [-0.25, -0.2) is 0 Å². The highest BCUT2D eigenvalue weighted by Gasteiger charge is 1.96. The molecule has 0 aromatic carbocycles. The Balaban J connectivity index is 0. The number of ether oxygens (including phenoxy) is 1. The van der Waals surface area contributed by atoms with Gasteiger partial charge in [-0.15, -0.1) is 0 Å². The van der Waals surface area contributed by atoms with Crippen LogP contribution < -0.4 is 0 Å². The van der Waals surface area contributed by atoms with Gasteiger partial charge in [-0.3, -0.25) is 4.79 Å². The normalized spacial score (nSPS) is 11.5. The summed E-state index contributed by atoms with van der Waals surface area (Å²) in [5, 5.41) is 7.00. The molecule has 0 heterocycles. The third-order valence-corrected chi connectivity index (χ3v) is 3.44. The molecule has 0 amide bonds. The molecule has 0 rings (SSSR count). The van der Waals surface area contributed by atoms with Crippen molar-refractivity contribution >= 4 is 5.97 Å². The van der Waals surface area contributed by atoms with E-state index in [1.165, 1.54) is 32.8 Å². The van der Waals surface area contributed by atoms with Crippen molar-refractivity contribution in [1.29, 1.82) is 0 Å². The molecule has 0 spiro atoms. The molecule has 0 radical (unpaired) electrons. The molecule has 0 aromatic rings. The van der Waals surface area contributed by atoms with Gasteiger partial charge in [0.05, 0.1) is 7.11 Å². The van der Waals surface area contributed by atoms with Crippen molar-refractivity contribution in [3.63, 3.8) is 0 Å². The first-order chi connectivity index (χ1) is 12.3. The summed E-state index contributed by atoms with van der Waals surface area (Å²) in [6.07, 6.45) is 28.1. The van der Waals surface area contributed by atoms with Crippen LogP contribution in [0.15, 0.2) is 48.6 Å². The molecule has 0 aromatic heterocycles. The summed E-state index contributed by atoms with van der Waals surface area (Å²) >= 11 is 0.